The maximum Gasteiger partial charge on any atom is 0.0762 e. The van der Waals surface area contributed by atoms with Gasteiger partial charge in [-0.1, -0.05) is 66.7 Å². The highest BCUT2D eigenvalue weighted by Crippen LogP contribution is 2.22. The van der Waals surface area contributed by atoms with Gasteiger partial charge in [0.15, 0.2) is 0 Å². The Morgan fingerprint density at radius 2 is 1.53 bits per heavy atom. The van der Waals surface area contributed by atoms with Gasteiger partial charge in [0, 0.05) is 0 Å². The van der Waals surface area contributed by atoms with E-state index in [4.69, 9.17) is 0 Å². The number of rotatable bonds is 4. The van der Waals surface area contributed by atoms with Crippen molar-refractivity contribution in [2.75, 3.05) is 0 Å². The average Bonchev–Trinajstić information content (AvgIpc) is 2.38. The number of hydrogen-bond acceptors (Lipinski definition) is 1. The first kappa shape index (κ1) is 11.5. The lowest BCUT2D eigenvalue weighted by molar-refractivity contribution is 0.730. The second-order valence-corrected chi connectivity index (χ2v) is 4.13. The minimum absolute atomic E-state index is 0.175. The third kappa shape index (κ3) is 2.76. The van der Waals surface area contributed by atoms with Gasteiger partial charge in [0.1, 0.15) is 0 Å². The molecule has 17 heavy (non-hydrogen) atoms. The van der Waals surface area contributed by atoms with Gasteiger partial charge in [-0.15, -0.1) is 0 Å². The SMILES string of the molecule is C=CNC(c1ccccc1)c1ccc(C)cc1. The fourth-order valence-electron chi connectivity index (χ4n) is 1.91. The van der Waals surface area contributed by atoms with Gasteiger partial charge in [-0.3, -0.25) is 0 Å². The lowest BCUT2D eigenvalue weighted by atomic mass is 9.98. The summed E-state index contributed by atoms with van der Waals surface area (Å²) in [6.45, 7) is 5.86. The second-order valence-electron chi connectivity index (χ2n) is 4.13. The van der Waals surface area contributed by atoms with E-state index in [2.05, 4.69) is 67.4 Å². The van der Waals surface area contributed by atoms with Crippen molar-refractivity contribution in [1.82, 2.24) is 5.32 Å². The molecule has 0 amide bonds. The lowest BCUT2D eigenvalue weighted by Crippen LogP contribution is -2.16. The molecule has 0 aliphatic carbocycles. The highest BCUT2D eigenvalue weighted by molar-refractivity contribution is 5.33. The van der Waals surface area contributed by atoms with Crippen LogP contribution in [0.4, 0.5) is 0 Å². The Morgan fingerprint density at radius 1 is 0.941 bits per heavy atom. The van der Waals surface area contributed by atoms with Crippen LogP contribution in [0.15, 0.2) is 67.4 Å². The van der Waals surface area contributed by atoms with Gasteiger partial charge in [-0.2, -0.15) is 0 Å². The van der Waals surface area contributed by atoms with Crippen LogP contribution in [0.1, 0.15) is 22.7 Å². The molecular weight excluding hydrogens is 206 g/mol. The Hall–Kier alpha value is -2.02. The number of aryl methyl sites for hydroxylation is 1. The van der Waals surface area contributed by atoms with Crippen molar-refractivity contribution in [2.24, 2.45) is 0 Å². The molecule has 1 unspecified atom stereocenters. The Balaban J connectivity index is 2.35. The minimum atomic E-state index is 0.175. The molecule has 0 bridgehead atoms. The standard InChI is InChI=1S/C16H17N/c1-3-17-16(14-7-5-4-6-8-14)15-11-9-13(2)10-12-15/h3-12,16-17H,1H2,2H3. The summed E-state index contributed by atoms with van der Waals surface area (Å²) in [5.74, 6) is 0. The molecule has 2 aromatic carbocycles. The summed E-state index contributed by atoms with van der Waals surface area (Å²) >= 11 is 0. The first-order valence-corrected chi connectivity index (χ1v) is 5.79. The van der Waals surface area contributed by atoms with E-state index in [0.717, 1.165) is 0 Å². The quantitative estimate of drug-likeness (QED) is 0.831. The molecule has 2 aromatic rings. The molecule has 86 valence electrons. The van der Waals surface area contributed by atoms with Crippen LogP contribution in [0.25, 0.3) is 0 Å². The second kappa shape index (κ2) is 5.35. The molecule has 1 N–H and O–H groups in total. The van der Waals surface area contributed by atoms with Crippen LogP contribution in [-0.2, 0) is 0 Å². The summed E-state index contributed by atoms with van der Waals surface area (Å²) in [5.41, 5.74) is 3.78. The van der Waals surface area contributed by atoms with E-state index in [-0.39, 0.29) is 6.04 Å². The Kier molecular flexibility index (Phi) is 3.61. The Morgan fingerprint density at radius 3 is 2.12 bits per heavy atom. The van der Waals surface area contributed by atoms with Gasteiger partial charge in [-0.05, 0) is 24.3 Å². The summed E-state index contributed by atoms with van der Waals surface area (Å²) in [6.07, 6.45) is 1.75. The first-order chi connectivity index (χ1) is 8.31. The van der Waals surface area contributed by atoms with Gasteiger partial charge in [0.05, 0.1) is 6.04 Å². The molecule has 0 saturated carbocycles. The molecule has 2 rings (SSSR count). The van der Waals surface area contributed by atoms with E-state index in [9.17, 15) is 0 Å². The van der Waals surface area contributed by atoms with Crippen LogP contribution in [0.2, 0.25) is 0 Å². The molecule has 1 nitrogen and oxygen atoms in total. The third-order valence-corrected chi connectivity index (χ3v) is 2.83. The fraction of sp³-hybridized carbons (Fsp3) is 0.125. The molecule has 0 saturated heterocycles. The van der Waals surface area contributed by atoms with Crippen LogP contribution >= 0.6 is 0 Å². The summed E-state index contributed by atoms with van der Waals surface area (Å²) in [5, 5.41) is 3.30. The van der Waals surface area contributed by atoms with Gasteiger partial charge in [-0.25, -0.2) is 0 Å². The predicted molar refractivity (Wildman–Crippen MR) is 72.8 cm³/mol. The topological polar surface area (TPSA) is 12.0 Å². The van der Waals surface area contributed by atoms with Crippen LogP contribution in [0, 0.1) is 6.92 Å². The van der Waals surface area contributed by atoms with Gasteiger partial charge < -0.3 is 5.32 Å². The van der Waals surface area contributed by atoms with E-state index >= 15 is 0 Å². The maximum atomic E-state index is 3.76. The number of benzene rings is 2. The van der Waals surface area contributed by atoms with Crippen molar-refractivity contribution in [3.05, 3.63) is 84.1 Å². The first-order valence-electron chi connectivity index (χ1n) is 5.79. The monoisotopic (exact) mass is 223 g/mol. The van der Waals surface area contributed by atoms with Crippen molar-refractivity contribution in [3.8, 4) is 0 Å². The third-order valence-electron chi connectivity index (χ3n) is 2.83. The van der Waals surface area contributed by atoms with E-state index < -0.39 is 0 Å². The summed E-state index contributed by atoms with van der Waals surface area (Å²) < 4.78 is 0. The van der Waals surface area contributed by atoms with Crippen LogP contribution < -0.4 is 5.32 Å². The van der Waals surface area contributed by atoms with Crippen LogP contribution in [0.5, 0.6) is 0 Å². The molecular formula is C16H17N. The van der Waals surface area contributed by atoms with Crippen molar-refractivity contribution in [3.63, 3.8) is 0 Å². The Bertz CT molecular complexity index is 471. The molecule has 1 atom stereocenters. The van der Waals surface area contributed by atoms with Crippen molar-refractivity contribution in [1.29, 1.82) is 0 Å². The zero-order valence-electron chi connectivity index (χ0n) is 10.1. The summed E-state index contributed by atoms with van der Waals surface area (Å²) in [6, 6.07) is 19.2. The lowest BCUT2D eigenvalue weighted by Gasteiger charge is -2.18. The van der Waals surface area contributed by atoms with Gasteiger partial charge in [0.25, 0.3) is 0 Å². The molecule has 1 heteroatoms. The van der Waals surface area contributed by atoms with E-state index in [1.807, 2.05) is 6.07 Å². The summed E-state index contributed by atoms with van der Waals surface area (Å²) in [4.78, 5) is 0. The number of hydrogen-bond donors (Lipinski definition) is 1. The minimum Gasteiger partial charge on any atom is -0.381 e. The largest absolute Gasteiger partial charge is 0.381 e. The molecule has 0 radical (unpaired) electrons. The smallest absolute Gasteiger partial charge is 0.0762 e. The molecule has 0 fully saturated rings. The average molecular weight is 223 g/mol. The normalized spacial score (nSPS) is 11.8. The van der Waals surface area contributed by atoms with E-state index in [0.29, 0.717) is 0 Å². The van der Waals surface area contributed by atoms with Crippen molar-refractivity contribution < 1.29 is 0 Å². The molecule has 0 aliphatic rings. The van der Waals surface area contributed by atoms with Crippen molar-refractivity contribution in [2.45, 2.75) is 13.0 Å². The molecule has 0 spiro atoms. The predicted octanol–water partition coefficient (Wildman–Crippen LogP) is 3.82. The number of nitrogens with one attached hydrogen (secondary N) is 1. The highest BCUT2D eigenvalue weighted by atomic mass is 14.9. The van der Waals surface area contributed by atoms with E-state index in [1.54, 1.807) is 6.20 Å². The fourth-order valence-corrected chi connectivity index (χ4v) is 1.91. The maximum absolute atomic E-state index is 3.76. The Labute approximate surface area is 103 Å². The van der Waals surface area contributed by atoms with Gasteiger partial charge in [0.2, 0.25) is 0 Å². The molecule has 0 aliphatic heterocycles. The van der Waals surface area contributed by atoms with E-state index in [1.165, 1.54) is 16.7 Å². The zero-order valence-corrected chi connectivity index (χ0v) is 10.1. The molecule has 0 heterocycles. The highest BCUT2D eigenvalue weighted by Gasteiger charge is 2.10. The van der Waals surface area contributed by atoms with Gasteiger partial charge >= 0.3 is 0 Å². The zero-order chi connectivity index (χ0) is 12.1. The van der Waals surface area contributed by atoms with Crippen molar-refractivity contribution >= 4 is 0 Å². The van der Waals surface area contributed by atoms with Crippen LogP contribution in [0.3, 0.4) is 0 Å². The summed E-state index contributed by atoms with van der Waals surface area (Å²) in [7, 11) is 0. The molecule has 0 aromatic heterocycles. The van der Waals surface area contributed by atoms with Crippen LogP contribution in [-0.4, -0.2) is 0 Å².